The molecular weight excluding hydrogens is 182 g/mol. The van der Waals surface area contributed by atoms with Crippen LogP contribution in [-0.4, -0.2) is 34.5 Å². The molecule has 1 fully saturated rings. The van der Waals surface area contributed by atoms with Gasteiger partial charge in [-0.25, -0.2) is 4.79 Å². The van der Waals surface area contributed by atoms with Crippen LogP contribution in [0, 0.1) is 0 Å². The molecule has 0 aliphatic carbocycles. The lowest BCUT2D eigenvalue weighted by Gasteiger charge is -2.38. The number of urea groups is 1. The predicted octanol–water partition coefficient (Wildman–Crippen LogP) is 0.0541. The number of carbonyl (C=O) groups excluding carboxylic acids is 2. The molecule has 1 rings (SSSR count). The third kappa shape index (κ3) is 1.08. The van der Waals surface area contributed by atoms with Crippen LogP contribution in [0.5, 0.6) is 0 Å². The van der Waals surface area contributed by atoms with E-state index >= 15 is 0 Å². The maximum Gasteiger partial charge on any atom is 0.318 e. The van der Waals surface area contributed by atoms with E-state index in [4.69, 9.17) is 5.73 Å². The van der Waals surface area contributed by atoms with Crippen molar-refractivity contribution < 1.29 is 9.59 Å². The summed E-state index contributed by atoms with van der Waals surface area (Å²) in [5, 5.41) is 2.63. The highest BCUT2D eigenvalue weighted by molar-refractivity contribution is 5.95. The molecule has 3 N–H and O–H groups in total. The Kier molecular flexibility index (Phi) is 2.21. The Morgan fingerprint density at radius 1 is 1.50 bits per heavy atom. The molecule has 0 bridgehead atoms. The van der Waals surface area contributed by atoms with Gasteiger partial charge in [-0.05, 0) is 27.7 Å². The van der Waals surface area contributed by atoms with Gasteiger partial charge in [-0.2, -0.15) is 0 Å². The van der Waals surface area contributed by atoms with Crippen LogP contribution in [0.4, 0.5) is 4.79 Å². The highest BCUT2D eigenvalue weighted by atomic mass is 16.2. The SMILES string of the molecule is CCN1C(=O)NC(C)(C(N)=O)C1(C)C. The molecule has 1 heterocycles. The summed E-state index contributed by atoms with van der Waals surface area (Å²) in [6.45, 7) is 7.75. The van der Waals surface area contributed by atoms with Crippen molar-refractivity contribution in [2.75, 3.05) is 6.54 Å². The monoisotopic (exact) mass is 199 g/mol. The van der Waals surface area contributed by atoms with Crippen LogP contribution in [0.25, 0.3) is 0 Å². The third-order valence-electron chi connectivity index (χ3n) is 3.31. The first-order chi connectivity index (χ1) is 6.27. The molecule has 80 valence electrons. The summed E-state index contributed by atoms with van der Waals surface area (Å²) in [5.74, 6) is -0.508. The first-order valence-electron chi connectivity index (χ1n) is 4.67. The van der Waals surface area contributed by atoms with Crippen LogP contribution in [0.2, 0.25) is 0 Å². The van der Waals surface area contributed by atoms with Gasteiger partial charge < -0.3 is 16.0 Å². The van der Waals surface area contributed by atoms with E-state index in [1.54, 1.807) is 11.8 Å². The van der Waals surface area contributed by atoms with Crippen molar-refractivity contribution in [1.82, 2.24) is 10.2 Å². The van der Waals surface area contributed by atoms with Gasteiger partial charge in [-0.3, -0.25) is 4.79 Å². The van der Waals surface area contributed by atoms with Gasteiger partial charge in [0.1, 0.15) is 5.54 Å². The summed E-state index contributed by atoms with van der Waals surface area (Å²) in [4.78, 5) is 24.5. The first-order valence-corrected chi connectivity index (χ1v) is 4.67. The number of carbonyl (C=O) groups is 2. The molecular formula is C9H17N3O2. The minimum atomic E-state index is -1.000. The Morgan fingerprint density at radius 3 is 2.21 bits per heavy atom. The summed E-state index contributed by atoms with van der Waals surface area (Å²) in [5.41, 5.74) is 3.71. The van der Waals surface area contributed by atoms with Gasteiger partial charge in [-0.15, -0.1) is 0 Å². The highest BCUT2D eigenvalue weighted by Gasteiger charge is 2.57. The fourth-order valence-corrected chi connectivity index (χ4v) is 1.86. The molecule has 1 atom stereocenters. The number of likely N-dealkylation sites (N-methyl/N-ethyl adjacent to an activating group) is 1. The number of nitrogens with one attached hydrogen (secondary N) is 1. The van der Waals surface area contributed by atoms with E-state index < -0.39 is 17.0 Å². The van der Waals surface area contributed by atoms with Crippen LogP contribution in [0.1, 0.15) is 27.7 Å². The van der Waals surface area contributed by atoms with E-state index in [0.717, 1.165) is 0 Å². The second-order valence-corrected chi connectivity index (χ2v) is 4.22. The molecule has 0 aromatic rings. The van der Waals surface area contributed by atoms with Crippen LogP contribution in [0.3, 0.4) is 0 Å². The van der Waals surface area contributed by atoms with Gasteiger partial charge in [-0.1, -0.05) is 0 Å². The summed E-state index contributed by atoms with van der Waals surface area (Å²) < 4.78 is 0. The van der Waals surface area contributed by atoms with E-state index in [-0.39, 0.29) is 6.03 Å². The standard InChI is InChI=1S/C9H17N3O2/c1-5-12-7(14)11-9(4,6(10)13)8(12,2)3/h5H2,1-4H3,(H2,10,13)(H,11,14). The van der Waals surface area contributed by atoms with Crippen LogP contribution in [-0.2, 0) is 4.79 Å². The minimum Gasteiger partial charge on any atom is -0.368 e. The van der Waals surface area contributed by atoms with Gasteiger partial charge in [0.15, 0.2) is 0 Å². The lowest BCUT2D eigenvalue weighted by atomic mass is 9.81. The van der Waals surface area contributed by atoms with Crippen LogP contribution >= 0.6 is 0 Å². The average Bonchev–Trinajstić information content (AvgIpc) is 2.20. The highest BCUT2D eigenvalue weighted by Crippen LogP contribution is 2.33. The second kappa shape index (κ2) is 2.87. The number of hydrogen-bond acceptors (Lipinski definition) is 2. The topological polar surface area (TPSA) is 75.4 Å². The predicted molar refractivity (Wildman–Crippen MR) is 52.6 cm³/mol. The van der Waals surface area contributed by atoms with Crippen molar-refractivity contribution in [1.29, 1.82) is 0 Å². The first kappa shape index (κ1) is 10.8. The molecule has 0 aromatic heterocycles. The van der Waals surface area contributed by atoms with E-state index in [0.29, 0.717) is 6.54 Å². The zero-order valence-electron chi connectivity index (χ0n) is 9.05. The zero-order chi connectivity index (χ0) is 11.1. The summed E-state index contributed by atoms with van der Waals surface area (Å²) in [6, 6.07) is -0.237. The molecule has 1 unspecified atom stereocenters. The maximum atomic E-state index is 11.5. The number of amides is 3. The molecule has 14 heavy (non-hydrogen) atoms. The smallest absolute Gasteiger partial charge is 0.318 e. The summed E-state index contributed by atoms with van der Waals surface area (Å²) in [7, 11) is 0. The fraction of sp³-hybridized carbons (Fsp3) is 0.778. The van der Waals surface area contributed by atoms with Crippen molar-refractivity contribution in [3.8, 4) is 0 Å². The van der Waals surface area contributed by atoms with Crippen LogP contribution < -0.4 is 11.1 Å². The quantitative estimate of drug-likeness (QED) is 0.659. The number of nitrogens with two attached hydrogens (primary N) is 1. The van der Waals surface area contributed by atoms with E-state index in [1.165, 1.54) is 0 Å². The third-order valence-corrected chi connectivity index (χ3v) is 3.31. The number of nitrogens with zero attached hydrogens (tertiary/aromatic N) is 1. The fourth-order valence-electron chi connectivity index (χ4n) is 1.86. The Morgan fingerprint density at radius 2 is 2.00 bits per heavy atom. The van der Waals surface area contributed by atoms with Crippen molar-refractivity contribution in [2.24, 2.45) is 5.73 Å². The molecule has 0 aromatic carbocycles. The largest absolute Gasteiger partial charge is 0.368 e. The Labute approximate surface area is 83.6 Å². The molecule has 5 heteroatoms. The van der Waals surface area contributed by atoms with E-state index in [9.17, 15) is 9.59 Å². The van der Waals surface area contributed by atoms with Crippen LogP contribution in [0.15, 0.2) is 0 Å². The molecule has 3 amide bonds. The van der Waals surface area contributed by atoms with Crippen molar-refractivity contribution in [3.05, 3.63) is 0 Å². The average molecular weight is 199 g/mol. The van der Waals surface area contributed by atoms with E-state index in [1.807, 2.05) is 20.8 Å². The Bertz CT molecular complexity index is 288. The number of hydrogen-bond donors (Lipinski definition) is 2. The second-order valence-electron chi connectivity index (χ2n) is 4.22. The lowest BCUT2D eigenvalue weighted by molar-refractivity contribution is -0.125. The molecule has 0 radical (unpaired) electrons. The van der Waals surface area contributed by atoms with Crippen molar-refractivity contribution >= 4 is 11.9 Å². The van der Waals surface area contributed by atoms with Gasteiger partial charge in [0.2, 0.25) is 5.91 Å². The lowest BCUT2D eigenvalue weighted by Crippen LogP contribution is -2.62. The molecule has 5 nitrogen and oxygen atoms in total. The van der Waals surface area contributed by atoms with Gasteiger partial charge in [0, 0.05) is 6.54 Å². The molecule has 0 saturated carbocycles. The Hall–Kier alpha value is -1.26. The normalized spacial score (nSPS) is 30.3. The molecule has 0 spiro atoms. The summed E-state index contributed by atoms with van der Waals surface area (Å²) >= 11 is 0. The van der Waals surface area contributed by atoms with Gasteiger partial charge in [0.05, 0.1) is 5.54 Å². The van der Waals surface area contributed by atoms with E-state index in [2.05, 4.69) is 5.32 Å². The number of primary amides is 1. The van der Waals surface area contributed by atoms with Crippen molar-refractivity contribution in [3.63, 3.8) is 0 Å². The van der Waals surface area contributed by atoms with Gasteiger partial charge in [0.25, 0.3) is 0 Å². The maximum absolute atomic E-state index is 11.5. The molecule has 1 aliphatic rings. The Balaban J connectivity index is 3.16. The molecule has 1 aliphatic heterocycles. The minimum absolute atomic E-state index is 0.237. The number of rotatable bonds is 2. The molecule has 1 saturated heterocycles. The zero-order valence-corrected chi connectivity index (χ0v) is 9.05. The van der Waals surface area contributed by atoms with Crippen molar-refractivity contribution in [2.45, 2.75) is 38.8 Å². The summed E-state index contributed by atoms with van der Waals surface area (Å²) in [6.07, 6.45) is 0. The van der Waals surface area contributed by atoms with Gasteiger partial charge >= 0.3 is 6.03 Å².